The summed E-state index contributed by atoms with van der Waals surface area (Å²) < 4.78 is 0. The van der Waals surface area contributed by atoms with E-state index in [1.165, 1.54) is 44.2 Å². The van der Waals surface area contributed by atoms with E-state index in [2.05, 4.69) is 17.0 Å². The quantitative estimate of drug-likeness (QED) is 0.786. The number of anilines is 1. The van der Waals surface area contributed by atoms with Gasteiger partial charge in [0, 0.05) is 24.3 Å². The lowest BCUT2D eigenvalue weighted by molar-refractivity contribution is 0.256. The van der Waals surface area contributed by atoms with Crippen molar-refractivity contribution < 1.29 is 0 Å². The van der Waals surface area contributed by atoms with Gasteiger partial charge >= 0.3 is 0 Å². The molecule has 0 saturated carbocycles. The van der Waals surface area contributed by atoms with Crippen LogP contribution in [0.25, 0.3) is 0 Å². The number of hydrogen-bond donors (Lipinski definition) is 1. The molecule has 0 atom stereocenters. The van der Waals surface area contributed by atoms with Crippen LogP contribution >= 0.6 is 0 Å². The summed E-state index contributed by atoms with van der Waals surface area (Å²) in [6, 6.07) is 10.1. The molecule has 1 aromatic rings. The molecule has 2 aliphatic heterocycles. The van der Waals surface area contributed by atoms with Crippen LogP contribution in [0, 0.1) is 0 Å². The van der Waals surface area contributed by atoms with Crippen molar-refractivity contribution >= 4 is 5.69 Å². The van der Waals surface area contributed by atoms with Gasteiger partial charge in [0.15, 0.2) is 0 Å². The molecule has 0 spiro atoms. The first-order valence-electron chi connectivity index (χ1n) is 6.43. The van der Waals surface area contributed by atoms with Crippen molar-refractivity contribution in [3.05, 3.63) is 29.8 Å². The Morgan fingerprint density at radius 1 is 1.00 bits per heavy atom. The van der Waals surface area contributed by atoms with E-state index in [0.717, 1.165) is 17.8 Å². The Morgan fingerprint density at radius 3 is 2.12 bits per heavy atom. The van der Waals surface area contributed by atoms with Gasteiger partial charge in [-0.3, -0.25) is 4.90 Å². The van der Waals surface area contributed by atoms with Crippen molar-refractivity contribution in [2.45, 2.75) is 44.2 Å². The molecule has 2 aliphatic rings. The lowest BCUT2D eigenvalue weighted by Crippen LogP contribution is -2.30. The minimum Gasteiger partial charge on any atom is -0.399 e. The monoisotopic (exact) mass is 216 g/mol. The zero-order valence-corrected chi connectivity index (χ0v) is 9.73. The summed E-state index contributed by atoms with van der Waals surface area (Å²) in [5.41, 5.74) is 7.97. The Labute approximate surface area is 97.4 Å². The van der Waals surface area contributed by atoms with Crippen LogP contribution in [0.1, 0.15) is 31.2 Å². The number of nitrogen functional groups attached to an aromatic ring is 1. The van der Waals surface area contributed by atoms with Gasteiger partial charge in [-0.05, 0) is 49.8 Å². The normalized spacial score (nSPS) is 28.8. The topological polar surface area (TPSA) is 29.3 Å². The van der Waals surface area contributed by atoms with Crippen molar-refractivity contribution in [3.8, 4) is 0 Å². The lowest BCUT2D eigenvalue weighted by Gasteiger charge is -2.21. The Kier molecular flexibility index (Phi) is 2.60. The third-order valence-electron chi connectivity index (χ3n) is 4.24. The highest BCUT2D eigenvalue weighted by molar-refractivity contribution is 5.39. The molecule has 3 rings (SSSR count). The van der Waals surface area contributed by atoms with Crippen molar-refractivity contribution in [1.29, 1.82) is 0 Å². The number of fused-ring (bicyclic) bond motifs is 2. The number of nitrogens with zero attached hydrogens (tertiary/aromatic N) is 1. The summed E-state index contributed by atoms with van der Waals surface area (Å²) in [6.07, 6.45) is 6.92. The number of rotatable bonds is 3. The molecule has 2 fully saturated rings. The van der Waals surface area contributed by atoms with Gasteiger partial charge in [0.1, 0.15) is 0 Å². The SMILES string of the molecule is Nc1ccc(CCN2C3CCC2CC3)cc1. The van der Waals surface area contributed by atoms with Gasteiger partial charge in [-0.15, -0.1) is 0 Å². The molecule has 2 bridgehead atoms. The molecule has 0 aliphatic carbocycles. The average molecular weight is 216 g/mol. The van der Waals surface area contributed by atoms with E-state index in [4.69, 9.17) is 5.73 Å². The average Bonchev–Trinajstić information content (AvgIpc) is 2.88. The van der Waals surface area contributed by atoms with Crippen molar-refractivity contribution in [2.75, 3.05) is 12.3 Å². The Hall–Kier alpha value is -1.02. The van der Waals surface area contributed by atoms with E-state index < -0.39 is 0 Å². The maximum atomic E-state index is 5.69. The fourth-order valence-corrected chi connectivity index (χ4v) is 3.33. The molecule has 16 heavy (non-hydrogen) atoms. The van der Waals surface area contributed by atoms with Gasteiger partial charge < -0.3 is 5.73 Å². The molecule has 2 saturated heterocycles. The lowest BCUT2D eigenvalue weighted by atomic mass is 10.0. The van der Waals surface area contributed by atoms with Crippen LogP contribution in [0.15, 0.2) is 24.3 Å². The molecule has 0 radical (unpaired) electrons. The molecule has 0 amide bonds. The third kappa shape index (κ3) is 1.82. The number of benzene rings is 1. The van der Waals surface area contributed by atoms with Crippen LogP contribution in [0.2, 0.25) is 0 Å². The summed E-state index contributed by atoms with van der Waals surface area (Å²) in [4.78, 5) is 2.73. The molecular formula is C14H20N2. The number of hydrogen-bond acceptors (Lipinski definition) is 2. The Morgan fingerprint density at radius 2 is 1.56 bits per heavy atom. The van der Waals surface area contributed by atoms with Gasteiger partial charge in [0.05, 0.1) is 0 Å². The van der Waals surface area contributed by atoms with Gasteiger partial charge in [0.25, 0.3) is 0 Å². The zero-order valence-electron chi connectivity index (χ0n) is 9.73. The molecule has 2 nitrogen and oxygen atoms in total. The third-order valence-corrected chi connectivity index (χ3v) is 4.24. The summed E-state index contributed by atoms with van der Waals surface area (Å²) in [5, 5.41) is 0. The largest absolute Gasteiger partial charge is 0.399 e. The molecule has 2 heteroatoms. The first-order chi connectivity index (χ1) is 7.83. The summed E-state index contributed by atoms with van der Waals surface area (Å²) in [6.45, 7) is 1.24. The van der Waals surface area contributed by atoms with Crippen LogP contribution in [0.5, 0.6) is 0 Å². The fraction of sp³-hybridized carbons (Fsp3) is 0.571. The summed E-state index contributed by atoms with van der Waals surface area (Å²) >= 11 is 0. The number of nitrogens with two attached hydrogens (primary N) is 1. The van der Waals surface area contributed by atoms with E-state index in [9.17, 15) is 0 Å². The second-order valence-corrected chi connectivity index (χ2v) is 5.19. The van der Waals surface area contributed by atoms with Crippen molar-refractivity contribution in [3.63, 3.8) is 0 Å². The highest BCUT2D eigenvalue weighted by atomic mass is 15.2. The van der Waals surface area contributed by atoms with E-state index in [-0.39, 0.29) is 0 Å². The summed E-state index contributed by atoms with van der Waals surface area (Å²) in [7, 11) is 0. The van der Waals surface area contributed by atoms with Gasteiger partial charge in [-0.2, -0.15) is 0 Å². The van der Waals surface area contributed by atoms with Crippen LogP contribution < -0.4 is 5.73 Å². The van der Waals surface area contributed by atoms with Gasteiger partial charge in [-0.1, -0.05) is 12.1 Å². The predicted molar refractivity (Wildman–Crippen MR) is 67.3 cm³/mol. The Balaban J connectivity index is 1.58. The maximum absolute atomic E-state index is 5.69. The first-order valence-corrected chi connectivity index (χ1v) is 6.43. The van der Waals surface area contributed by atoms with E-state index >= 15 is 0 Å². The van der Waals surface area contributed by atoms with E-state index in [1.54, 1.807) is 0 Å². The first kappa shape index (κ1) is 10.2. The van der Waals surface area contributed by atoms with Crippen LogP contribution in [0.3, 0.4) is 0 Å². The Bertz CT molecular complexity index is 338. The molecule has 1 aromatic carbocycles. The van der Waals surface area contributed by atoms with Crippen LogP contribution in [-0.4, -0.2) is 23.5 Å². The molecule has 0 unspecified atom stereocenters. The minimum atomic E-state index is 0.866. The smallest absolute Gasteiger partial charge is 0.0314 e. The van der Waals surface area contributed by atoms with Crippen LogP contribution in [0.4, 0.5) is 5.69 Å². The maximum Gasteiger partial charge on any atom is 0.0314 e. The summed E-state index contributed by atoms with van der Waals surface area (Å²) in [5.74, 6) is 0. The predicted octanol–water partition coefficient (Wildman–Crippen LogP) is 2.44. The minimum absolute atomic E-state index is 0.866. The highest BCUT2D eigenvalue weighted by Gasteiger charge is 2.38. The van der Waals surface area contributed by atoms with Crippen molar-refractivity contribution in [2.24, 2.45) is 0 Å². The molecule has 0 aromatic heterocycles. The highest BCUT2D eigenvalue weighted by Crippen LogP contribution is 2.37. The zero-order chi connectivity index (χ0) is 11.0. The molecular weight excluding hydrogens is 196 g/mol. The molecule has 2 heterocycles. The molecule has 2 N–H and O–H groups in total. The van der Waals surface area contributed by atoms with Gasteiger partial charge in [0.2, 0.25) is 0 Å². The second-order valence-electron chi connectivity index (χ2n) is 5.19. The van der Waals surface area contributed by atoms with Crippen LogP contribution in [-0.2, 0) is 6.42 Å². The van der Waals surface area contributed by atoms with E-state index in [0.29, 0.717) is 0 Å². The van der Waals surface area contributed by atoms with Gasteiger partial charge in [-0.25, -0.2) is 0 Å². The second kappa shape index (κ2) is 4.10. The van der Waals surface area contributed by atoms with Crippen molar-refractivity contribution in [1.82, 2.24) is 4.90 Å². The standard InChI is InChI=1S/C14H20N2/c15-12-3-1-11(2-4-12)9-10-16-13-5-6-14(16)8-7-13/h1-4,13-14H,5-10,15H2. The fourth-order valence-electron chi connectivity index (χ4n) is 3.33. The molecule has 86 valence electrons. The van der Waals surface area contributed by atoms with E-state index in [1.807, 2.05) is 12.1 Å².